The van der Waals surface area contributed by atoms with Crippen molar-refractivity contribution in [3.8, 4) is 0 Å². The highest BCUT2D eigenvalue weighted by atomic mass is 15.2. The van der Waals surface area contributed by atoms with E-state index in [1.54, 1.807) is 0 Å². The van der Waals surface area contributed by atoms with Crippen molar-refractivity contribution in [2.24, 2.45) is 11.7 Å². The van der Waals surface area contributed by atoms with Gasteiger partial charge in [-0.3, -0.25) is 5.10 Å². The second-order valence-electron chi connectivity index (χ2n) is 5.87. The Morgan fingerprint density at radius 2 is 2.05 bits per heavy atom. The van der Waals surface area contributed by atoms with E-state index in [2.05, 4.69) is 17.1 Å². The Bertz CT molecular complexity index is 355. The number of rotatable bonds is 7. The maximum Gasteiger partial charge on any atom is 0.153 e. The molecule has 4 nitrogen and oxygen atoms in total. The van der Waals surface area contributed by atoms with Crippen LogP contribution in [0.4, 0.5) is 0 Å². The Morgan fingerprint density at radius 1 is 1.26 bits per heavy atom. The molecule has 1 atom stereocenters. The van der Waals surface area contributed by atoms with Crippen molar-refractivity contribution in [3.05, 3.63) is 11.6 Å². The van der Waals surface area contributed by atoms with Crippen LogP contribution in [0, 0.1) is 5.92 Å². The quantitative estimate of drug-likeness (QED) is 0.795. The highest BCUT2D eigenvalue weighted by Crippen LogP contribution is 2.30. The summed E-state index contributed by atoms with van der Waals surface area (Å²) in [5.41, 5.74) is 5.64. The van der Waals surface area contributed by atoms with Crippen LogP contribution in [0.1, 0.15) is 75.9 Å². The number of hydrogen-bond acceptors (Lipinski definition) is 3. The summed E-state index contributed by atoms with van der Waals surface area (Å²) in [4.78, 5) is 4.70. The molecule has 1 unspecified atom stereocenters. The van der Waals surface area contributed by atoms with Gasteiger partial charge in [-0.25, -0.2) is 4.98 Å². The molecule has 1 fully saturated rings. The van der Waals surface area contributed by atoms with E-state index in [9.17, 15) is 0 Å². The lowest BCUT2D eigenvalue weighted by molar-refractivity contribution is 0.428. The normalized spacial score (nSPS) is 18.6. The molecule has 0 aliphatic heterocycles. The van der Waals surface area contributed by atoms with E-state index in [4.69, 9.17) is 10.7 Å². The minimum Gasteiger partial charge on any atom is -0.330 e. The van der Waals surface area contributed by atoms with E-state index in [-0.39, 0.29) is 0 Å². The number of hydrogen-bond donors (Lipinski definition) is 2. The van der Waals surface area contributed by atoms with E-state index in [0.717, 1.165) is 37.0 Å². The molecule has 0 spiro atoms. The van der Waals surface area contributed by atoms with Gasteiger partial charge in [-0.2, -0.15) is 5.10 Å². The molecule has 1 aromatic rings. The van der Waals surface area contributed by atoms with Crippen LogP contribution in [0.3, 0.4) is 0 Å². The molecule has 0 aromatic carbocycles. The van der Waals surface area contributed by atoms with E-state index >= 15 is 0 Å². The third kappa shape index (κ3) is 4.30. The zero-order chi connectivity index (χ0) is 13.5. The van der Waals surface area contributed by atoms with Crippen LogP contribution in [-0.2, 0) is 6.42 Å². The van der Waals surface area contributed by atoms with E-state index < -0.39 is 0 Å². The number of nitrogens with one attached hydrogen (secondary N) is 1. The lowest BCUT2D eigenvalue weighted by Crippen LogP contribution is -2.09. The van der Waals surface area contributed by atoms with Crippen LogP contribution in [0.25, 0.3) is 0 Å². The highest BCUT2D eigenvalue weighted by molar-refractivity contribution is 4.99. The van der Waals surface area contributed by atoms with Gasteiger partial charge in [0.2, 0.25) is 0 Å². The topological polar surface area (TPSA) is 67.6 Å². The number of aryl methyl sites for hydroxylation is 1. The SMILES string of the molecule is CCC(CCN)CCc1nc(C2CCCCC2)n[nH]1. The molecule has 0 amide bonds. The molecule has 108 valence electrons. The Balaban J connectivity index is 1.82. The van der Waals surface area contributed by atoms with E-state index in [0.29, 0.717) is 5.92 Å². The molecule has 1 aliphatic rings. The average Bonchev–Trinajstić information content (AvgIpc) is 2.93. The molecule has 3 N–H and O–H groups in total. The van der Waals surface area contributed by atoms with Gasteiger partial charge in [-0.15, -0.1) is 0 Å². The molecule has 1 aromatic heterocycles. The summed E-state index contributed by atoms with van der Waals surface area (Å²) in [5.74, 6) is 3.45. The number of nitrogens with zero attached hydrogens (tertiary/aromatic N) is 2. The lowest BCUT2D eigenvalue weighted by Gasteiger charge is -2.18. The van der Waals surface area contributed by atoms with Crippen molar-refractivity contribution < 1.29 is 0 Å². The maximum atomic E-state index is 5.64. The van der Waals surface area contributed by atoms with Crippen LogP contribution >= 0.6 is 0 Å². The van der Waals surface area contributed by atoms with Gasteiger partial charge in [0.25, 0.3) is 0 Å². The van der Waals surface area contributed by atoms with Gasteiger partial charge < -0.3 is 5.73 Å². The van der Waals surface area contributed by atoms with Crippen molar-refractivity contribution in [2.75, 3.05) is 6.54 Å². The molecular formula is C15H28N4. The van der Waals surface area contributed by atoms with Crippen LogP contribution in [0.15, 0.2) is 0 Å². The van der Waals surface area contributed by atoms with Gasteiger partial charge in [0.15, 0.2) is 5.82 Å². The minimum atomic E-state index is 0.602. The molecule has 1 saturated carbocycles. The first-order valence-corrected chi connectivity index (χ1v) is 7.94. The maximum absolute atomic E-state index is 5.64. The van der Waals surface area contributed by atoms with Gasteiger partial charge >= 0.3 is 0 Å². The van der Waals surface area contributed by atoms with Crippen LogP contribution in [0.5, 0.6) is 0 Å². The Morgan fingerprint density at radius 3 is 2.74 bits per heavy atom. The van der Waals surface area contributed by atoms with Gasteiger partial charge in [-0.1, -0.05) is 32.6 Å². The summed E-state index contributed by atoms with van der Waals surface area (Å²) in [7, 11) is 0. The summed E-state index contributed by atoms with van der Waals surface area (Å²) in [6.07, 6.45) is 11.1. The first-order valence-electron chi connectivity index (χ1n) is 7.94. The first kappa shape index (κ1) is 14.5. The first-order chi connectivity index (χ1) is 9.33. The summed E-state index contributed by atoms with van der Waals surface area (Å²) in [6, 6.07) is 0. The van der Waals surface area contributed by atoms with Crippen LogP contribution in [0.2, 0.25) is 0 Å². The number of aromatic nitrogens is 3. The molecule has 1 aliphatic carbocycles. The molecule has 19 heavy (non-hydrogen) atoms. The predicted molar refractivity (Wildman–Crippen MR) is 78.0 cm³/mol. The third-order valence-corrected chi connectivity index (χ3v) is 4.46. The largest absolute Gasteiger partial charge is 0.330 e. The number of H-pyrrole nitrogens is 1. The zero-order valence-electron chi connectivity index (χ0n) is 12.2. The van der Waals surface area contributed by atoms with Crippen molar-refractivity contribution in [3.63, 3.8) is 0 Å². The van der Waals surface area contributed by atoms with Crippen LogP contribution < -0.4 is 5.73 Å². The molecule has 0 radical (unpaired) electrons. The second kappa shape index (κ2) is 7.63. The monoisotopic (exact) mass is 264 g/mol. The molecule has 0 bridgehead atoms. The molecule has 2 rings (SSSR count). The third-order valence-electron chi connectivity index (χ3n) is 4.46. The summed E-state index contributed by atoms with van der Waals surface area (Å²) >= 11 is 0. The number of nitrogens with two attached hydrogens (primary N) is 1. The number of aromatic amines is 1. The molecular weight excluding hydrogens is 236 g/mol. The Labute approximate surface area is 116 Å². The Kier molecular flexibility index (Phi) is 5.83. The minimum absolute atomic E-state index is 0.602. The average molecular weight is 264 g/mol. The zero-order valence-corrected chi connectivity index (χ0v) is 12.2. The van der Waals surface area contributed by atoms with Crippen molar-refractivity contribution in [1.29, 1.82) is 0 Å². The second-order valence-corrected chi connectivity index (χ2v) is 5.87. The van der Waals surface area contributed by atoms with Crippen molar-refractivity contribution in [1.82, 2.24) is 15.2 Å². The fourth-order valence-electron chi connectivity index (χ4n) is 3.09. The van der Waals surface area contributed by atoms with Crippen molar-refractivity contribution in [2.45, 2.75) is 70.6 Å². The Hall–Kier alpha value is -0.900. The van der Waals surface area contributed by atoms with Gasteiger partial charge in [0, 0.05) is 12.3 Å². The van der Waals surface area contributed by atoms with Crippen molar-refractivity contribution >= 4 is 0 Å². The van der Waals surface area contributed by atoms with Crippen LogP contribution in [-0.4, -0.2) is 21.7 Å². The summed E-state index contributed by atoms with van der Waals surface area (Å²) < 4.78 is 0. The highest BCUT2D eigenvalue weighted by Gasteiger charge is 2.19. The van der Waals surface area contributed by atoms with Gasteiger partial charge in [0.05, 0.1) is 0 Å². The summed E-state index contributed by atoms with van der Waals surface area (Å²) in [5, 5.41) is 7.56. The smallest absolute Gasteiger partial charge is 0.153 e. The summed E-state index contributed by atoms with van der Waals surface area (Å²) in [6.45, 7) is 3.04. The van der Waals surface area contributed by atoms with E-state index in [1.807, 2.05) is 0 Å². The predicted octanol–water partition coefficient (Wildman–Crippen LogP) is 3.16. The molecule has 1 heterocycles. The standard InChI is InChI=1S/C15H28N4/c1-2-12(10-11-16)8-9-14-17-15(19-18-14)13-6-4-3-5-7-13/h12-13H,2-11,16H2,1H3,(H,17,18,19). The molecule has 4 heteroatoms. The lowest BCUT2D eigenvalue weighted by atomic mass is 9.89. The van der Waals surface area contributed by atoms with Gasteiger partial charge in [0.1, 0.15) is 5.82 Å². The fourth-order valence-corrected chi connectivity index (χ4v) is 3.09. The molecule has 0 saturated heterocycles. The fraction of sp³-hybridized carbons (Fsp3) is 0.867. The van der Waals surface area contributed by atoms with E-state index in [1.165, 1.54) is 44.9 Å². The van der Waals surface area contributed by atoms with Gasteiger partial charge in [-0.05, 0) is 38.1 Å².